The Bertz CT molecular complexity index is 1120. The van der Waals surface area contributed by atoms with E-state index >= 15 is 0 Å². The smallest absolute Gasteiger partial charge is 0.274 e. The van der Waals surface area contributed by atoms with Gasteiger partial charge in [-0.2, -0.15) is 10.5 Å². The molecule has 0 spiro atoms. The predicted octanol–water partition coefficient (Wildman–Crippen LogP) is 3.33. The van der Waals surface area contributed by atoms with Gasteiger partial charge in [0.25, 0.3) is 11.8 Å². The zero-order chi connectivity index (χ0) is 19.9. The number of hydrogen-bond acceptors (Lipinski definition) is 5. The maximum Gasteiger partial charge on any atom is 0.274 e. The highest BCUT2D eigenvalue weighted by Gasteiger charge is 2.13. The van der Waals surface area contributed by atoms with E-state index in [1.54, 1.807) is 48.5 Å². The van der Waals surface area contributed by atoms with Gasteiger partial charge in [-0.25, -0.2) is 0 Å². The minimum atomic E-state index is -0.481. The van der Waals surface area contributed by atoms with Crippen LogP contribution in [-0.2, 0) is 0 Å². The van der Waals surface area contributed by atoms with Crippen molar-refractivity contribution in [2.24, 2.45) is 0 Å². The summed E-state index contributed by atoms with van der Waals surface area (Å²) in [7, 11) is 0. The summed E-state index contributed by atoms with van der Waals surface area (Å²) in [6, 6.07) is 19.8. The van der Waals surface area contributed by atoms with Gasteiger partial charge < -0.3 is 10.6 Å². The van der Waals surface area contributed by atoms with Gasteiger partial charge in [0.2, 0.25) is 0 Å². The van der Waals surface area contributed by atoms with E-state index in [4.69, 9.17) is 10.5 Å². The molecule has 0 atom stereocenters. The van der Waals surface area contributed by atoms with Crippen molar-refractivity contribution in [2.45, 2.75) is 0 Å². The first kappa shape index (κ1) is 18.3. The fourth-order valence-electron chi connectivity index (χ4n) is 2.39. The fraction of sp³-hybridized carbons (Fsp3) is 0. The van der Waals surface area contributed by atoms with Crippen molar-refractivity contribution in [3.63, 3.8) is 0 Å². The molecule has 0 saturated carbocycles. The Hall–Kier alpha value is -4.49. The maximum absolute atomic E-state index is 12.4. The van der Waals surface area contributed by atoms with Crippen LogP contribution in [0.15, 0.2) is 66.9 Å². The zero-order valence-electron chi connectivity index (χ0n) is 14.5. The largest absolute Gasteiger partial charge is 0.322 e. The number of amides is 2. The molecule has 134 valence electrons. The Morgan fingerprint density at radius 1 is 0.786 bits per heavy atom. The number of anilines is 2. The number of nitrogens with zero attached hydrogens (tertiary/aromatic N) is 3. The number of hydrogen-bond donors (Lipinski definition) is 2. The van der Waals surface area contributed by atoms with Crippen molar-refractivity contribution in [2.75, 3.05) is 10.6 Å². The number of carbonyl (C=O) groups is 2. The second-order valence-electron chi connectivity index (χ2n) is 5.72. The molecule has 7 nitrogen and oxygen atoms in total. The predicted molar refractivity (Wildman–Crippen MR) is 102 cm³/mol. The minimum Gasteiger partial charge on any atom is -0.322 e. The third-order valence-electron chi connectivity index (χ3n) is 3.78. The monoisotopic (exact) mass is 367 g/mol. The lowest BCUT2D eigenvalue weighted by molar-refractivity contribution is 0.102. The van der Waals surface area contributed by atoms with Crippen LogP contribution in [0.25, 0.3) is 0 Å². The summed E-state index contributed by atoms with van der Waals surface area (Å²) < 4.78 is 0. The van der Waals surface area contributed by atoms with Crippen LogP contribution in [0, 0.1) is 22.7 Å². The summed E-state index contributed by atoms with van der Waals surface area (Å²) in [5.41, 5.74) is 2.22. The molecule has 2 aromatic carbocycles. The molecular formula is C21H13N5O2. The van der Waals surface area contributed by atoms with Crippen LogP contribution in [0.4, 0.5) is 11.4 Å². The van der Waals surface area contributed by atoms with E-state index in [0.717, 1.165) is 0 Å². The Morgan fingerprint density at radius 3 is 2.21 bits per heavy atom. The molecule has 0 aliphatic heterocycles. The second kappa shape index (κ2) is 8.26. The van der Waals surface area contributed by atoms with Gasteiger partial charge in [0.15, 0.2) is 0 Å². The highest BCUT2D eigenvalue weighted by atomic mass is 16.2. The molecule has 0 fully saturated rings. The first-order valence-electron chi connectivity index (χ1n) is 8.18. The molecule has 1 aromatic heterocycles. The average molecular weight is 367 g/mol. The lowest BCUT2D eigenvalue weighted by atomic mass is 10.1. The van der Waals surface area contributed by atoms with Crippen LogP contribution in [0.1, 0.15) is 32.0 Å². The Balaban J connectivity index is 1.73. The molecule has 0 bridgehead atoms. The summed E-state index contributed by atoms with van der Waals surface area (Å²) in [6.07, 6.45) is 1.37. The normalized spacial score (nSPS) is 9.64. The van der Waals surface area contributed by atoms with Gasteiger partial charge in [-0.3, -0.25) is 14.6 Å². The van der Waals surface area contributed by atoms with E-state index in [2.05, 4.69) is 15.6 Å². The molecule has 2 amide bonds. The summed E-state index contributed by atoms with van der Waals surface area (Å²) in [6.45, 7) is 0. The van der Waals surface area contributed by atoms with Gasteiger partial charge >= 0.3 is 0 Å². The van der Waals surface area contributed by atoms with Gasteiger partial charge in [-0.1, -0.05) is 6.07 Å². The highest BCUT2D eigenvalue weighted by molar-refractivity contribution is 6.07. The maximum atomic E-state index is 12.4. The summed E-state index contributed by atoms with van der Waals surface area (Å²) in [5.74, 6) is -0.907. The molecule has 2 N–H and O–H groups in total. The van der Waals surface area contributed by atoms with Crippen LogP contribution in [0.3, 0.4) is 0 Å². The van der Waals surface area contributed by atoms with E-state index < -0.39 is 11.8 Å². The van der Waals surface area contributed by atoms with Crippen LogP contribution in [-0.4, -0.2) is 16.8 Å². The number of nitriles is 2. The van der Waals surface area contributed by atoms with Gasteiger partial charge in [0, 0.05) is 23.1 Å². The molecule has 28 heavy (non-hydrogen) atoms. The highest BCUT2D eigenvalue weighted by Crippen LogP contribution is 2.14. The Morgan fingerprint density at radius 2 is 1.50 bits per heavy atom. The van der Waals surface area contributed by atoms with Crippen molar-refractivity contribution >= 4 is 23.2 Å². The fourth-order valence-corrected chi connectivity index (χ4v) is 2.39. The van der Waals surface area contributed by atoms with E-state index in [1.807, 2.05) is 12.1 Å². The van der Waals surface area contributed by atoms with Crippen molar-refractivity contribution in [3.05, 3.63) is 89.2 Å². The third-order valence-corrected chi connectivity index (χ3v) is 3.78. The zero-order valence-corrected chi connectivity index (χ0v) is 14.5. The number of pyridine rings is 1. The number of rotatable bonds is 4. The molecule has 0 aliphatic carbocycles. The van der Waals surface area contributed by atoms with Crippen LogP contribution >= 0.6 is 0 Å². The van der Waals surface area contributed by atoms with Crippen LogP contribution in [0.2, 0.25) is 0 Å². The topological polar surface area (TPSA) is 119 Å². The third kappa shape index (κ3) is 4.37. The van der Waals surface area contributed by atoms with E-state index in [0.29, 0.717) is 22.5 Å². The summed E-state index contributed by atoms with van der Waals surface area (Å²) >= 11 is 0. The number of aromatic nitrogens is 1. The van der Waals surface area contributed by atoms with Crippen molar-refractivity contribution < 1.29 is 9.59 Å². The molecular weight excluding hydrogens is 354 g/mol. The average Bonchev–Trinajstić information content (AvgIpc) is 2.74. The van der Waals surface area contributed by atoms with Crippen LogP contribution < -0.4 is 10.6 Å². The molecule has 0 unspecified atom stereocenters. The molecule has 3 rings (SSSR count). The summed E-state index contributed by atoms with van der Waals surface area (Å²) in [4.78, 5) is 28.8. The van der Waals surface area contributed by atoms with Gasteiger partial charge in [-0.05, 0) is 54.6 Å². The van der Waals surface area contributed by atoms with E-state index in [1.165, 1.54) is 18.3 Å². The van der Waals surface area contributed by atoms with Gasteiger partial charge in [-0.15, -0.1) is 0 Å². The quantitative estimate of drug-likeness (QED) is 0.733. The first-order valence-corrected chi connectivity index (χ1v) is 8.18. The van der Waals surface area contributed by atoms with Crippen molar-refractivity contribution in [1.29, 1.82) is 10.5 Å². The van der Waals surface area contributed by atoms with Crippen molar-refractivity contribution in [3.8, 4) is 12.1 Å². The number of carbonyl (C=O) groups excluding carboxylic acids is 2. The Labute approximate surface area is 160 Å². The summed E-state index contributed by atoms with van der Waals surface area (Å²) in [5, 5.41) is 23.1. The van der Waals surface area contributed by atoms with E-state index in [-0.39, 0.29) is 11.3 Å². The molecule has 7 heteroatoms. The molecule has 0 aliphatic rings. The molecule has 0 saturated heterocycles. The number of nitrogens with one attached hydrogen (secondary N) is 2. The van der Waals surface area contributed by atoms with Gasteiger partial charge in [0.05, 0.1) is 23.3 Å². The standard InChI is InChI=1S/C21H13N5O2/c22-12-14-4-6-17(7-5-14)25-21(28)19-11-16(8-9-24-19)20(27)26-18-3-1-2-15(10-18)13-23/h1-11H,(H,25,28)(H,26,27). The van der Waals surface area contributed by atoms with Crippen LogP contribution in [0.5, 0.6) is 0 Å². The van der Waals surface area contributed by atoms with E-state index in [9.17, 15) is 9.59 Å². The SMILES string of the molecule is N#Cc1ccc(NC(=O)c2cc(C(=O)Nc3cccc(C#N)c3)ccn2)cc1. The first-order chi connectivity index (χ1) is 13.6. The molecule has 1 heterocycles. The second-order valence-corrected chi connectivity index (χ2v) is 5.72. The number of benzene rings is 2. The molecule has 3 aromatic rings. The molecule has 0 radical (unpaired) electrons. The Kier molecular flexibility index (Phi) is 5.40. The lowest BCUT2D eigenvalue weighted by Crippen LogP contribution is -2.17. The minimum absolute atomic E-state index is 0.0720. The van der Waals surface area contributed by atoms with Crippen molar-refractivity contribution in [1.82, 2.24) is 4.98 Å². The lowest BCUT2D eigenvalue weighted by Gasteiger charge is -2.08. The van der Waals surface area contributed by atoms with Gasteiger partial charge in [0.1, 0.15) is 5.69 Å².